The van der Waals surface area contributed by atoms with Gasteiger partial charge in [0.25, 0.3) is 0 Å². The van der Waals surface area contributed by atoms with Crippen molar-refractivity contribution in [2.75, 3.05) is 5.73 Å². The molecule has 1 unspecified atom stereocenters. The van der Waals surface area contributed by atoms with E-state index in [1.54, 1.807) is 13.8 Å². The summed E-state index contributed by atoms with van der Waals surface area (Å²) in [6.07, 6.45) is 1.55. The molecule has 0 saturated heterocycles. The van der Waals surface area contributed by atoms with Crippen LogP contribution in [0.3, 0.4) is 0 Å². The van der Waals surface area contributed by atoms with Crippen LogP contribution in [0.25, 0.3) is 0 Å². The molecule has 1 aromatic carbocycles. The molecule has 1 aromatic rings. The first kappa shape index (κ1) is 14.9. The van der Waals surface area contributed by atoms with Crippen molar-refractivity contribution in [3.05, 3.63) is 23.5 Å². The van der Waals surface area contributed by atoms with E-state index in [0.29, 0.717) is 12.0 Å². The predicted molar refractivity (Wildman–Crippen MR) is 70.2 cm³/mol. The number of nitrogens with two attached hydrogens (primary N) is 1. The Morgan fingerprint density at radius 1 is 1.44 bits per heavy atom. The van der Waals surface area contributed by atoms with Gasteiger partial charge in [-0.1, -0.05) is 13.3 Å². The third-order valence-corrected chi connectivity index (χ3v) is 4.29. The summed E-state index contributed by atoms with van der Waals surface area (Å²) in [4.78, 5) is -0.395. The molecule has 0 heterocycles. The molecule has 0 bridgehead atoms. The SMILES string of the molecule is CCCC(C)NS(=O)(=O)c1cc(N)c(C)cc1F. The highest BCUT2D eigenvalue weighted by Gasteiger charge is 2.22. The highest BCUT2D eigenvalue weighted by atomic mass is 32.2. The lowest BCUT2D eigenvalue weighted by Gasteiger charge is -2.14. The number of benzene rings is 1. The van der Waals surface area contributed by atoms with Crippen LogP contribution in [-0.2, 0) is 10.0 Å². The topological polar surface area (TPSA) is 72.2 Å². The summed E-state index contributed by atoms with van der Waals surface area (Å²) >= 11 is 0. The molecule has 0 aliphatic carbocycles. The van der Waals surface area contributed by atoms with Gasteiger partial charge >= 0.3 is 0 Å². The molecule has 18 heavy (non-hydrogen) atoms. The van der Waals surface area contributed by atoms with Gasteiger partial charge in [0.1, 0.15) is 10.7 Å². The zero-order valence-corrected chi connectivity index (χ0v) is 11.6. The van der Waals surface area contributed by atoms with Crippen molar-refractivity contribution in [1.29, 1.82) is 0 Å². The second-order valence-electron chi connectivity index (χ2n) is 4.45. The van der Waals surface area contributed by atoms with Crippen LogP contribution in [0.5, 0.6) is 0 Å². The fourth-order valence-electron chi connectivity index (χ4n) is 1.69. The van der Waals surface area contributed by atoms with Crippen molar-refractivity contribution in [3.63, 3.8) is 0 Å². The number of aryl methyl sites for hydroxylation is 1. The van der Waals surface area contributed by atoms with E-state index in [4.69, 9.17) is 5.73 Å². The predicted octanol–water partition coefficient (Wildman–Crippen LogP) is 2.18. The van der Waals surface area contributed by atoms with E-state index >= 15 is 0 Å². The van der Waals surface area contributed by atoms with E-state index in [1.807, 2.05) is 6.92 Å². The molecular formula is C12H19FN2O2S. The lowest BCUT2D eigenvalue weighted by atomic mass is 10.2. The molecule has 0 aromatic heterocycles. The van der Waals surface area contributed by atoms with Gasteiger partial charge in [0, 0.05) is 11.7 Å². The number of nitrogens with one attached hydrogen (secondary N) is 1. The molecule has 0 aliphatic rings. The average Bonchev–Trinajstić information content (AvgIpc) is 2.22. The minimum atomic E-state index is -3.86. The minimum absolute atomic E-state index is 0.234. The van der Waals surface area contributed by atoms with Crippen LogP contribution in [-0.4, -0.2) is 14.5 Å². The summed E-state index contributed by atoms with van der Waals surface area (Å²) in [5.74, 6) is -0.780. The second kappa shape index (κ2) is 5.67. The van der Waals surface area contributed by atoms with Crippen molar-refractivity contribution >= 4 is 15.7 Å². The number of hydrogen-bond acceptors (Lipinski definition) is 3. The first-order valence-electron chi connectivity index (χ1n) is 5.86. The number of sulfonamides is 1. The van der Waals surface area contributed by atoms with Gasteiger partial charge in [0.15, 0.2) is 0 Å². The molecule has 4 nitrogen and oxygen atoms in total. The van der Waals surface area contributed by atoms with Crippen molar-refractivity contribution < 1.29 is 12.8 Å². The number of rotatable bonds is 5. The van der Waals surface area contributed by atoms with Gasteiger partial charge in [-0.25, -0.2) is 17.5 Å². The van der Waals surface area contributed by atoms with E-state index in [9.17, 15) is 12.8 Å². The van der Waals surface area contributed by atoms with Crippen molar-refractivity contribution in [1.82, 2.24) is 4.72 Å². The fourth-order valence-corrected chi connectivity index (χ4v) is 3.07. The Bertz CT molecular complexity index is 529. The lowest BCUT2D eigenvalue weighted by Crippen LogP contribution is -2.33. The minimum Gasteiger partial charge on any atom is -0.398 e. The largest absolute Gasteiger partial charge is 0.398 e. The summed E-state index contributed by atoms with van der Waals surface area (Å²) in [5.41, 5.74) is 6.40. The summed E-state index contributed by atoms with van der Waals surface area (Å²) in [7, 11) is -3.86. The Kier molecular flexibility index (Phi) is 4.70. The highest BCUT2D eigenvalue weighted by Crippen LogP contribution is 2.21. The number of anilines is 1. The van der Waals surface area contributed by atoms with Crippen molar-refractivity contribution in [2.24, 2.45) is 0 Å². The van der Waals surface area contributed by atoms with E-state index in [1.165, 1.54) is 0 Å². The Hall–Kier alpha value is -1.14. The van der Waals surface area contributed by atoms with Gasteiger partial charge in [-0.15, -0.1) is 0 Å². The van der Waals surface area contributed by atoms with Crippen LogP contribution in [0.4, 0.5) is 10.1 Å². The van der Waals surface area contributed by atoms with Crippen LogP contribution < -0.4 is 10.5 Å². The van der Waals surface area contributed by atoms with Gasteiger partial charge in [-0.05, 0) is 38.0 Å². The Morgan fingerprint density at radius 2 is 2.06 bits per heavy atom. The normalized spacial score (nSPS) is 13.6. The third-order valence-electron chi connectivity index (χ3n) is 2.69. The van der Waals surface area contributed by atoms with E-state index in [-0.39, 0.29) is 11.7 Å². The van der Waals surface area contributed by atoms with Crippen LogP contribution >= 0.6 is 0 Å². The van der Waals surface area contributed by atoms with Crippen LogP contribution in [0, 0.1) is 12.7 Å². The maximum Gasteiger partial charge on any atom is 0.243 e. The molecule has 102 valence electrons. The molecular weight excluding hydrogens is 255 g/mol. The lowest BCUT2D eigenvalue weighted by molar-refractivity contribution is 0.531. The highest BCUT2D eigenvalue weighted by molar-refractivity contribution is 7.89. The molecule has 1 rings (SSSR count). The molecule has 0 radical (unpaired) electrons. The van der Waals surface area contributed by atoms with Gasteiger partial charge in [0.05, 0.1) is 0 Å². The smallest absolute Gasteiger partial charge is 0.243 e. The number of halogens is 1. The monoisotopic (exact) mass is 274 g/mol. The van der Waals surface area contributed by atoms with Crippen molar-refractivity contribution in [2.45, 2.75) is 44.6 Å². The maximum atomic E-state index is 13.7. The molecule has 3 N–H and O–H groups in total. The second-order valence-corrected chi connectivity index (χ2v) is 6.13. The van der Waals surface area contributed by atoms with Gasteiger partial charge in [0.2, 0.25) is 10.0 Å². The van der Waals surface area contributed by atoms with Crippen molar-refractivity contribution in [3.8, 4) is 0 Å². The first-order chi connectivity index (χ1) is 8.27. The van der Waals surface area contributed by atoms with E-state index in [2.05, 4.69) is 4.72 Å². The third kappa shape index (κ3) is 3.43. The van der Waals surface area contributed by atoms with E-state index in [0.717, 1.165) is 18.6 Å². The van der Waals surface area contributed by atoms with Gasteiger partial charge < -0.3 is 5.73 Å². The molecule has 0 fully saturated rings. The molecule has 0 spiro atoms. The zero-order valence-electron chi connectivity index (χ0n) is 10.8. The maximum absolute atomic E-state index is 13.7. The molecule has 0 saturated carbocycles. The first-order valence-corrected chi connectivity index (χ1v) is 7.34. The fraction of sp³-hybridized carbons (Fsp3) is 0.500. The molecule has 0 aliphatic heterocycles. The summed E-state index contributed by atoms with van der Waals surface area (Å²) in [5, 5.41) is 0. The van der Waals surface area contributed by atoms with Gasteiger partial charge in [-0.3, -0.25) is 0 Å². The van der Waals surface area contributed by atoms with Crippen LogP contribution in [0.2, 0.25) is 0 Å². The zero-order chi connectivity index (χ0) is 13.9. The Morgan fingerprint density at radius 3 is 2.61 bits per heavy atom. The van der Waals surface area contributed by atoms with Crippen LogP contribution in [0.15, 0.2) is 17.0 Å². The number of nitrogen functional groups attached to an aromatic ring is 1. The average molecular weight is 274 g/mol. The van der Waals surface area contributed by atoms with Gasteiger partial charge in [-0.2, -0.15) is 0 Å². The quantitative estimate of drug-likeness (QED) is 0.808. The Labute approximate surface area is 107 Å². The summed E-state index contributed by atoms with van der Waals surface area (Å²) in [6, 6.07) is 2.06. The standard InChI is InChI=1S/C12H19FN2O2S/c1-4-5-9(3)15-18(16,17)12-7-11(14)8(2)6-10(12)13/h6-7,9,15H,4-5,14H2,1-3H3. The summed E-state index contributed by atoms with van der Waals surface area (Å²) in [6.45, 7) is 5.33. The van der Waals surface area contributed by atoms with E-state index < -0.39 is 20.7 Å². The number of hydrogen-bond donors (Lipinski definition) is 2. The van der Waals surface area contributed by atoms with Crippen LogP contribution in [0.1, 0.15) is 32.3 Å². The molecule has 6 heteroatoms. The molecule has 1 atom stereocenters. The molecule has 0 amide bonds. The Balaban J connectivity index is 3.09. The summed E-state index contributed by atoms with van der Waals surface area (Å²) < 4.78 is 40.1.